The van der Waals surface area contributed by atoms with Crippen molar-refractivity contribution in [2.24, 2.45) is 0 Å². The molecule has 9 nitrogen and oxygen atoms in total. The van der Waals surface area contributed by atoms with Gasteiger partial charge in [0.05, 0.1) is 18.6 Å². The second-order valence-corrected chi connectivity index (χ2v) is 6.70. The predicted molar refractivity (Wildman–Crippen MR) is 96.9 cm³/mol. The van der Waals surface area contributed by atoms with E-state index >= 15 is 0 Å². The second kappa shape index (κ2) is 8.21. The quantitative estimate of drug-likeness (QED) is 0.355. The highest BCUT2D eigenvalue weighted by Crippen LogP contribution is 2.23. The first-order valence-electron chi connectivity index (χ1n) is 8.32. The van der Waals surface area contributed by atoms with Gasteiger partial charge in [-0.1, -0.05) is 11.8 Å². The summed E-state index contributed by atoms with van der Waals surface area (Å²) in [5, 5.41) is 12.0. The van der Waals surface area contributed by atoms with E-state index in [4.69, 9.17) is 9.15 Å². The number of thioether (sulfide) groups is 1. The Morgan fingerprint density at radius 3 is 2.89 bits per heavy atom. The number of ketones is 1. The summed E-state index contributed by atoms with van der Waals surface area (Å²) in [6, 6.07) is 3.61. The molecule has 142 valence electrons. The number of furan rings is 1. The number of ether oxygens (including phenoxy) is 1. The number of rotatable bonds is 8. The van der Waals surface area contributed by atoms with E-state index in [1.54, 1.807) is 37.8 Å². The van der Waals surface area contributed by atoms with Gasteiger partial charge in [0.2, 0.25) is 5.16 Å². The van der Waals surface area contributed by atoms with E-state index in [-0.39, 0.29) is 18.1 Å². The SMILES string of the molecule is CCOC(=O)c1[nH]c(C)c(C(=O)CSc2nnnn2Cc2ccco2)c1C. The fourth-order valence-corrected chi connectivity index (χ4v) is 3.48. The molecule has 3 rings (SSSR count). The number of carbonyl (C=O) groups excluding carboxylic acids is 2. The van der Waals surface area contributed by atoms with Gasteiger partial charge >= 0.3 is 5.97 Å². The third-order valence-electron chi connectivity index (χ3n) is 3.91. The average molecular weight is 389 g/mol. The van der Waals surface area contributed by atoms with E-state index < -0.39 is 5.97 Å². The standard InChI is InChI=1S/C17H19N5O4S/c1-4-25-16(24)15-10(2)14(11(3)18-15)13(23)9-27-17-19-20-21-22(17)8-12-6-5-7-26-12/h5-7,18H,4,8-9H2,1-3H3. The van der Waals surface area contributed by atoms with Crippen molar-refractivity contribution in [2.75, 3.05) is 12.4 Å². The summed E-state index contributed by atoms with van der Waals surface area (Å²) in [5.74, 6) is 0.272. The number of hydrogen-bond acceptors (Lipinski definition) is 8. The largest absolute Gasteiger partial charge is 0.467 e. The van der Waals surface area contributed by atoms with E-state index in [0.29, 0.717) is 40.0 Å². The number of nitrogens with one attached hydrogen (secondary N) is 1. The van der Waals surface area contributed by atoms with Gasteiger partial charge in [0.15, 0.2) is 5.78 Å². The molecule has 0 radical (unpaired) electrons. The van der Waals surface area contributed by atoms with Crippen LogP contribution in [0.4, 0.5) is 0 Å². The van der Waals surface area contributed by atoms with Crippen LogP contribution in [0.5, 0.6) is 0 Å². The van der Waals surface area contributed by atoms with Crippen LogP contribution in [0.3, 0.4) is 0 Å². The van der Waals surface area contributed by atoms with Gasteiger partial charge in [-0.3, -0.25) is 4.79 Å². The molecule has 10 heteroatoms. The van der Waals surface area contributed by atoms with Crippen LogP contribution in [0.15, 0.2) is 28.0 Å². The van der Waals surface area contributed by atoms with Gasteiger partial charge in [-0.05, 0) is 48.9 Å². The van der Waals surface area contributed by atoms with E-state index in [1.807, 2.05) is 6.07 Å². The van der Waals surface area contributed by atoms with Gasteiger partial charge in [-0.15, -0.1) is 5.10 Å². The molecule has 0 aliphatic carbocycles. The molecule has 0 bridgehead atoms. The molecule has 3 aromatic heterocycles. The summed E-state index contributed by atoms with van der Waals surface area (Å²) in [6.07, 6.45) is 1.58. The lowest BCUT2D eigenvalue weighted by molar-refractivity contribution is 0.0519. The van der Waals surface area contributed by atoms with Crippen molar-refractivity contribution in [1.29, 1.82) is 0 Å². The minimum Gasteiger partial charge on any atom is -0.467 e. The molecule has 0 aromatic carbocycles. The summed E-state index contributed by atoms with van der Waals surface area (Å²) in [7, 11) is 0. The lowest BCUT2D eigenvalue weighted by atomic mass is 10.1. The van der Waals surface area contributed by atoms with Crippen molar-refractivity contribution in [1.82, 2.24) is 25.2 Å². The van der Waals surface area contributed by atoms with Crippen molar-refractivity contribution in [2.45, 2.75) is 32.5 Å². The first-order chi connectivity index (χ1) is 13.0. The van der Waals surface area contributed by atoms with Crippen LogP contribution in [-0.4, -0.2) is 49.3 Å². The minimum atomic E-state index is -0.466. The summed E-state index contributed by atoms with van der Waals surface area (Å²) in [5.41, 5.74) is 2.03. The summed E-state index contributed by atoms with van der Waals surface area (Å²) < 4.78 is 11.9. The van der Waals surface area contributed by atoms with Crippen LogP contribution < -0.4 is 0 Å². The number of H-pyrrole nitrogens is 1. The van der Waals surface area contributed by atoms with Crippen molar-refractivity contribution >= 4 is 23.5 Å². The number of aromatic nitrogens is 5. The fraction of sp³-hybridized carbons (Fsp3) is 0.353. The molecule has 3 aromatic rings. The molecule has 0 saturated carbocycles. The normalized spacial score (nSPS) is 10.9. The van der Waals surface area contributed by atoms with Crippen LogP contribution in [0.25, 0.3) is 0 Å². The van der Waals surface area contributed by atoms with Gasteiger partial charge in [-0.2, -0.15) is 0 Å². The lowest BCUT2D eigenvalue weighted by Gasteiger charge is -2.04. The third kappa shape index (κ3) is 4.11. The Hall–Kier alpha value is -2.88. The van der Waals surface area contributed by atoms with Crippen LogP contribution in [-0.2, 0) is 11.3 Å². The maximum atomic E-state index is 12.7. The zero-order chi connectivity index (χ0) is 19.4. The Kier molecular flexibility index (Phi) is 5.75. The van der Waals surface area contributed by atoms with Crippen LogP contribution >= 0.6 is 11.8 Å². The summed E-state index contributed by atoms with van der Waals surface area (Å²) in [4.78, 5) is 27.7. The van der Waals surface area contributed by atoms with E-state index in [1.165, 1.54) is 11.8 Å². The zero-order valence-corrected chi connectivity index (χ0v) is 16.0. The monoisotopic (exact) mass is 389 g/mol. The van der Waals surface area contributed by atoms with E-state index in [9.17, 15) is 9.59 Å². The van der Waals surface area contributed by atoms with Gasteiger partial charge in [0.25, 0.3) is 0 Å². The number of nitrogens with zero attached hydrogens (tertiary/aromatic N) is 4. The zero-order valence-electron chi connectivity index (χ0n) is 15.2. The third-order valence-corrected chi connectivity index (χ3v) is 4.87. The highest BCUT2D eigenvalue weighted by molar-refractivity contribution is 7.99. The topological polar surface area (TPSA) is 116 Å². The molecular formula is C17H19N5O4S. The number of tetrazole rings is 1. The molecule has 0 unspecified atom stereocenters. The van der Waals surface area contributed by atoms with Crippen LogP contribution in [0.1, 0.15) is 44.8 Å². The Morgan fingerprint density at radius 2 is 2.19 bits per heavy atom. The number of aryl methyl sites for hydroxylation is 1. The van der Waals surface area contributed by atoms with Crippen molar-refractivity contribution < 1.29 is 18.7 Å². The Morgan fingerprint density at radius 1 is 1.37 bits per heavy atom. The van der Waals surface area contributed by atoms with Crippen molar-refractivity contribution in [3.8, 4) is 0 Å². The second-order valence-electron chi connectivity index (χ2n) is 5.76. The molecule has 0 fully saturated rings. The Bertz CT molecular complexity index is 945. The molecule has 0 aliphatic rings. The summed E-state index contributed by atoms with van der Waals surface area (Å²) in [6.45, 7) is 5.88. The molecular weight excluding hydrogens is 370 g/mol. The minimum absolute atomic E-state index is 0.116. The Labute approximate surface area is 159 Å². The Balaban J connectivity index is 1.70. The van der Waals surface area contributed by atoms with Crippen molar-refractivity contribution in [3.63, 3.8) is 0 Å². The van der Waals surface area contributed by atoms with Gasteiger partial charge in [0.1, 0.15) is 18.0 Å². The smallest absolute Gasteiger partial charge is 0.355 e. The first-order valence-corrected chi connectivity index (χ1v) is 9.30. The molecule has 0 saturated heterocycles. The number of Topliss-reactive ketones (excluding diaryl/α,β-unsaturated/α-hetero) is 1. The molecule has 3 heterocycles. The summed E-state index contributed by atoms with van der Waals surface area (Å²) >= 11 is 1.23. The average Bonchev–Trinajstić information content (AvgIpc) is 3.35. The predicted octanol–water partition coefficient (Wildman–Crippen LogP) is 2.41. The fourth-order valence-electron chi connectivity index (χ4n) is 2.73. The molecule has 0 aliphatic heterocycles. The lowest BCUT2D eigenvalue weighted by Crippen LogP contribution is -2.09. The van der Waals surface area contributed by atoms with Crippen molar-refractivity contribution in [3.05, 3.63) is 46.7 Å². The molecule has 0 atom stereocenters. The number of aromatic amines is 1. The number of carbonyl (C=O) groups is 2. The molecule has 0 spiro atoms. The van der Waals surface area contributed by atoms with E-state index in [2.05, 4.69) is 20.5 Å². The highest BCUT2D eigenvalue weighted by atomic mass is 32.2. The van der Waals surface area contributed by atoms with E-state index in [0.717, 1.165) is 0 Å². The van der Waals surface area contributed by atoms with Crippen LogP contribution in [0.2, 0.25) is 0 Å². The molecule has 27 heavy (non-hydrogen) atoms. The molecule has 0 amide bonds. The van der Waals surface area contributed by atoms with Gasteiger partial charge in [-0.25, -0.2) is 9.48 Å². The van der Waals surface area contributed by atoms with Gasteiger partial charge in [0, 0.05) is 11.3 Å². The first kappa shape index (κ1) is 18.9. The maximum absolute atomic E-state index is 12.7. The maximum Gasteiger partial charge on any atom is 0.355 e. The van der Waals surface area contributed by atoms with Gasteiger partial charge < -0.3 is 14.1 Å². The number of hydrogen-bond donors (Lipinski definition) is 1. The molecule has 1 N–H and O–H groups in total. The van der Waals surface area contributed by atoms with Crippen LogP contribution in [0, 0.1) is 13.8 Å². The number of esters is 1. The highest BCUT2D eigenvalue weighted by Gasteiger charge is 2.23.